The molecule has 170 valence electrons. The third-order valence-electron chi connectivity index (χ3n) is 6.21. The Kier molecular flexibility index (Phi) is 5.31. The van der Waals surface area contributed by atoms with E-state index in [4.69, 9.17) is 5.73 Å². The summed E-state index contributed by atoms with van der Waals surface area (Å²) in [5.74, 6) is -1.01. The zero-order valence-corrected chi connectivity index (χ0v) is 18.3. The maximum atomic E-state index is 13.3. The van der Waals surface area contributed by atoms with Crippen LogP contribution in [0.2, 0.25) is 0 Å². The highest BCUT2D eigenvalue weighted by Gasteiger charge is 2.52. The van der Waals surface area contributed by atoms with Crippen molar-refractivity contribution in [3.05, 3.63) is 53.9 Å². The van der Waals surface area contributed by atoms with E-state index in [0.29, 0.717) is 11.2 Å². The number of benzene rings is 2. The number of primary amides is 1. The second-order valence-corrected chi connectivity index (χ2v) is 8.25. The number of H-pyrrole nitrogens is 1. The van der Waals surface area contributed by atoms with Crippen molar-refractivity contribution in [2.24, 2.45) is 10.7 Å². The van der Waals surface area contributed by atoms with Crippen molar-refractivity contribution >= 4 is 39.9 Å². The van der Waals surface area contributed by atoms with Gasteiger partial charge in [0.25, 0.3) is 11.8 Å². The second-order valence-electron chi connectivity index (χ2n) is 8.25. The molecule has 33 heavy (non-hydrogen) atoms. The van der Waals surface area contributed by atoms with Gasteiger partial charge in [-0.25, -0.2) is 4.98 Å². The Balaban J connectivity index is 1.43. The molecule has 2 aromatic carbocycles. The van der Waals surface area contributed by atoms with Crippen LogP contribution in [0.25, 0.3) is 11.0 Å². The van der Waals surface area contributed by atoms with Crippen molar-refractivity contribution < 1.29 is 9.59 Å². The Morgan fingerprint density at radius 3 is 2.67 bits per heavy atom. The summed E-state index contributed by atoms with van der Waals surface area (Å²) in [5.41, 5.74) is 8.23. The molecule has 1 unspecified atom stereocenters. The number of nitrogens with zero attached hydrogens (tertiary/aromatic N) is 3. The molecule has 1 aromatic heterocycles. The van der Waals surface area contributed by atoms with E-state index in [1.807, 2.05) is 43.3 Å². The van der Waals surface area contributed by atoms with Crippen LogP contribution in [-0.4, -0.2) is 60.3 Å². The minimum atomic E-state index is -1.64. The van der Waals surface area contributed by atoms with Crippen molar-refractivity contribution in [3.8, 4) is 0 Å². The molecule has 10 nitrogen and oxygen atoms in total. The van der Waals surface area contributed by atoms with Gasteiger partial charge in [0.15, 0.2) is 0 Å². The van der Waals surface area contributed by atoms with Crippen molar-refractivity contribution in [1.82, 2.24) is 20.6 Å². The third kappa shape index (κ3) is 3.62. The Morgan fingerprint density at radius 1 is 1.15 bits per heavy atom. The van der Waals surface area contributed by atoms with Crippen molar-refractivity contribution in [2.45, 2.75) is 12.5 Å². The molecule has 10 heteroatoms. The van der Waals surface area contributed by atoms with Gasteiger partial charge >= 0.3 is 0 Å². The summed E-state index contributed by atoms with van der Waals surface area (Å²) in [4.78, 5) is 40.2. The summed E-state index contributed by atoms with van der Waals surface area (Å²) in [6.45, 7) is 5.78. The second kappa shape index (κ2) is 8.30. The van der Waals surface area contributed by atoms with Crippen LogP contribution in [0, 0.1) is 6.92 Å². The number of amides is 2. The van der Waals surface area contributed by atoms with Crippen molar-refractivity contribution in [1.29, 1.82) is 0 Å². The summed E-state index contributed by atoms with van der Waals surface area (Å²) in [7, 11) is 0. The van der Waals surface area contributed by atoms with E-state index >= 15 is 0 Å². The molecule has 5 rings (SSSR count). The van der Waals surface area contributed by atoms with Gasteiger partial charge in [-0.2, -0.15) is 0 Å². The highest BCUT2D eigenvalue weighted by Crippen LogP contribution is 2.28. The quantitative estimate of drug-likeness (QED) is 0.389. The average molecular weight is 447 g/mol. The van der Waals surface area contributed by atoms with Gasteiger partial charge in [-0.1, -0.05) is 12.1 Å². The van der Waals surface area contributed by atoms with Gasteiger partial charge in [-0.3, -0.25) is 19.9 Å². The van der Waals surface area contributed by atoms with E-state index in [2.05, 4.69) is 41.9 Å². The number of aliphatic imine (C=N–C) groups is 1. The summed E-state index contributed by atoms with van der Waals surface area (Å²) in [6, 6.07) is 13.3. The predicted molar refractivity (Wildman–Crippen MR) is 127 cm³/mol. The molecule has 0 saturated carbocycles. The van der Waals surface area contributed by atoms with E-state index in [0.717, 1.165) is 42.9 Å². The van der Waals surface area contributed by atoms with Gasteiger partial charge in [0.1, 0.15) is 11.5 Å². The summed E-state index contributed by atoms with van der Waals surface area (Å²) in [6.07, 6.45) is 0. The van der Waals surface area contributed by atoms with Crippen LogP contribution >= 0.6 is 0 Å². The lowest BCUT2D eigenvalue weighted by molar-refractivity contribution is -0.123. The minimum Gasteiger partial charge on any atom is -0.369 e. The first-order valence-corrected chi connectivity index (χ1v) is 10.9. The molecule has 6 N–H and O–H groups in total. The number of rotatable bonds is 5. The molecule has 3 heterocycles. The standard InChI is InChI=1S/C23H26N8O2/c1-14-12-15(31-10-8-25-9-11-31)6-7-16(14)28-20(32)19-23(21(24)33,27-13-26-19)22-29-17-4-2-3-5-18(17)30-22/h2-7,12,25,27H,8-11,13H2,1H3,(H2,24,33)(H,28,32)(H,29,30). The molecule has 0 aliphatic carbocycles. The molecule has 0 radical (unpaired) electrons. The van der Waals surface area contributed by atoms with Crippen LogP contribution in [-0.2, 0) is 15.1 Å². The highest BCUT2D eigenvalue weighted by molar-refractivity contribution is 6.50. The number of hydrogen-bond donors (Lipinski definition) is 5. The maximum absolute atomic E-state index is 13.3. The number of nitrogens with one attached hydrogen (secondary N) is 4. The fourth-order valence-corrected chi connectivity index (χ4v) is 4.42. The molecule has 2 aliphatic rings. The van der Waals surface area contributed by atoms with Gasteiger partial charge in [0.2, 0.25) is 5.54 Å². The summed E-state index contributed by atoms with van der Waals surface area (Å²) in [5, 5.41) is 9.23. The molecule has 0 spiro atoms. The SMILES string of the molecule is Cc1cc(N2CCNCC2)ccc1NC(=O)C1=NCNC1(C(N)=O)c1nc2ccccc2[nH]1. The number of para-hydroxylation sites is 2. The predicted octanol–water partition coefficient (Wildman–Crippen LogP) is 0.602. The fraction of sp³-hybridized carbons (Fsp3) is 0.304. The van der Waals surface area contributed by atoms with Crippen molar-refractivity contribution in [3.63, 3.8) is 0 Å². The van der Waals surface area contributed by atoms with Gasteiger partial charge in [0.05, 0.1) is 17.7 Å². The van der Waals surface area contributed by atoms with Crippen LogP contribution < -0.4 is 26.6 Å². The molecular weight excluding hydrogens is 420 g/mol. The zero-order chi connectivity index (χ0) is 23.0. The first-order valence-electron chi connectivity index (χ1n) is 10.9. The number of anilines is 2. The summed E-state index contributed by atoms with van der Waals surface area (Å²) >= 11 is 0. The number of aromatic amines is 1. The number of nitrogens with two attached hydrogens (primary N) is 1. The molecule has 1 atom stereocenters. The molecular formula is C23H26N8O2. The summed E-state index contributed by atoms with van der Waals surface area (Å²) < 4.78 is 0. The Hall–Kier alpha value is -3.76. The first kappa shape index (κ1) is 21.1. The largest absolute Gasteiger partial charge is 0.369 e. The maximum Gasteiger partial charge on any atom is 0.272 e. The topological polar surface area (TPSA) is 141 Å². The lowest BCUT2D eigenvalue weighted by Crippen LogP contribution is -2.58. The van der Waals surface area contributed by atoms with Gasteiger partial charge in [0, 0.05) is 37.6 Å². The number of carbonyl (C=O) groups excluding carboxylic acids is 2. The van der Waals surface area contributed by atoms with Crippen LogP contribution in [0.4, 0.5) is 11.4 Å². The molecule has 3 aromatic rings. The number of aromatic nitrogens is 2. The molecule has 0 bridgehead atoms. The normalized spacial score (nSPS) is 20.6. The number of aryl methyl sites for hydroxylation is 1. The van der Waals surface area contributed by atoms with E-state index in [1.54, 1.807) is 0 Å². The number of fused-ring (bicyclic) bond motifs is 1. The van der Waals surface area contributed by atoms with Crippen molar-refractivity contribution in [2.75, 3.05) is 43.1 Å². The van der Waals surface area contributed by atoms with Crippen LogP contribution in [0.3, 0.4) is 0 Å². The van der Waals surface area contributed by atoms with Gasteiger partial charge in [-0.05, 0) is 42.8 Å². The lowest BCUT2D eigenvalue weighted by Gasteiger charge is -2.30. The zero-order valence-electron chi connectivity index (χ0n) is 18.3. The number of hydrogen-bond acceptors (Lipinski definition) is 7. The Bertz CT molecular complexity index is 1230. The molecule has 2 amide bonds. The van der Waals surface area contributed by atoms with E-state index in [9.17, 15) is 9.59 Å². The van der Waals surface area contributed by atoms with E-state index in [-0.39, 0.29) is 18.2 Å². The number of imidazole rings is 1. The monoisotopic (exact) mass is 446 g/mol. The van der Waals surface area contributed by atoms with Crippen LogP contribution in [0.1, 0.15) is 11.4 Å². The van der Waals surface area contributed by atoms with Crippen LogP contribution in [0.15, 0.2) is 47.5 Å². The van der Waals surface area contributed by atoms with Gasteiger partial charge in [-0.15, -0.1) is 0 Å². The third-order valence-corrected chi connectivity index (χ3v) is 6.21. The fourth-order valence-electron chi connectivity index (χ4n) is 4.42. The first-order chi connectivity index (χ1) is 16.0. The molecule has 1 saturated heterocycles. The number of piperazine rings is 1. The molecule has 2 aliphatic heterocycles. The van der Waals surface area contributed by atoms with E-state index < -0.39 is 17.4 Å². The Labute approximate surface area is 190 Å². The minimum absolute atomic E-state index is 0.0142. The Morgan fingerprint density at radius 2 is 1.94 bits per heavy atom. The lowest BCUT2D eigenvalue weighted by atomic mass is 9.91. The van der Waals surface area contributed by atoms with Crippen LogP contribution in [0.5, 0.6) is 0 Å². The number of carbonyl (C=O) groups is 2. The van der Waals surface area contributed by atoms with Gasteiger partial charge < -0.3 is 26.3 Å². The van der Waals surface area contributed by atoms with E-state index in [1.165, 1.54) is 0 Å². The highest BCUT2D eigenvalue weighted by atomic mass is 16.2. The molecule has 1 fully saturated rings. The average Bonchev–Trinajstić information content (AvgIpc) is 3.46. The smallest absolute Gasteiger partial charge is 0.272 e.